The molecule has 0 radical (unpaired) electrons. The van der Waals surface area contributed by atoms with Crippen molar-refractivity contribution < 1.29 is 17.6 Å². The molecule has 0 heterocycles. The molecule has 0 spiro atoms. The van der Waals surface area contributed by atoms with Crippen LogP contribution in [0.4, 0.5) is 17.6 Å². The van der Waals surface area contributed by atoms with E-state index in [2.05, 4.69) is 0 Å². The quantitative estimate of drug-likeness (QED) is 0.410. The lowest BCUT2D eigenvalue weighted by Crippen LogP contribution is -2.17. The molecular formula is C25H22F4. The molecule has 150 valence electrons. The Labute approximate surface area is 168 Å². The summed E-state index contributed by atoms with van der Waals surface area (Å²) in [5.74, 6) is -2.07. The summed E-state index contributed by atoms with van der Waals surface area (Å²) >= 11 is 0. The monoisotopic (exact) mass is 398 g/mol. The van der Waals surface area contributed by atoms with E-state index in [9.17, 15) is 13.2 Å². The normalized spacial score (nSPS) is 16.0. The summed E-state index contributed by atoms with van der Waals surface area (Å²) in [5, 5.41) is 0. The van der Waals surface area contributed by atoms with Gasteiger partial charge >= 0.3 is 0 Å². The van der Waals surface area contributed by atoms with Crippen LogP contribution >= 0.6 is 0 Å². The van der Waals surface area contributed by atoms with Crippen molar-refractivity contribution in [2.75, 3.05) is 0 Å². The number of hydrogen-bond donors (Lipinski definition) is 0. The summed E-state index contributed by atoms with van der Waals surface area (Å²) in [6.45, 7) is 2.05. The second-order valence-corrected chi connectivity index (χ2v) is 7.74. The van der Waals surface area contributed by atoms with Gasteiger partial charge in [-0.05, 0) is 83.7 Å². The van der Waals surface area contributed by atoms with Crippen LogP contribution in [0.5, 0.6) is 0 Å². The highest BCUT2D eigenvalue weighted by atomic mass is 19.1. The Morgan fingerprint density at radius 1 is 0.897 bits per heavy atom. The van der Waals surface area contributed by atoms with Crippen molar-refractivity contribution in [1.82, 2.24) is 0 Å². The molecule has 0 aliphatic heterocycles. The Morgan fingerprint density at radius 2 is 1.66 bits per heavy atom. The van der Waals surface area contributed by atoms with Gasteiger partial charge in [0, 0.05) is 0 Å². The summed E-state index contributed by atoms with van der Waals surface area (Å²) in [7, 11) is 0. The van der Waals surface area contributed by atoms with Gasteiger partial charge < -0.3 is 0 Å². The molecule has 29 heavy (non-hydrogen) atoms. The second kappa shape index (κ2) is 8.02. The average molecular weight is 398 g/mol. The molecule has 1 unspecified atom stereocenters. The van der Waals surface area contributed by atoms with E-state index in [4.69, 9.17) is 0 Å². The van der Waals surface area contributed by atoms with E-state index in [1.807, 2.05) is 19.1 Å². The molecule has 1 aliphatic rings. The van der Waals surface area contributed by atoms with Crippen molar-refractivity contribution in [3.8, 4) is 11.1 Å². The zero-order chi connectivity index (χ0) is 20.5. The van der Waals surface area contributed by atoms with Gasteiger partial charge in [0.1, 0.15) is 23.3 Å². The van der Waals surface area contributed by atoms with Gasteiger partial charge in [-0.25, -0.2) is 17.6 Å². The van der Waals surface area contributed by atoms with E-state index in [1.165, 1.54) is 30.3 Å². The molecule has 1 aliphatic carbocycles. The van der Waals surface area contributed by atoms with E-state index >= 15 is 4.39 Å². The molecule has 3 aromatic carbocycles. The molecule has 0 amide bonds. The van der Waals surface area contributed by atoms with Crippen molar-refractivity contribution in [1.29, 1.82) is 0 Å². The molecule has 0 N–H and O–H groups in total. The molecule has 4 rings (SSSR count). The first-order valence-electron chi connectivity index (χ1n) is 10.0. The molecule has 3 aromatic rings. The van der Waals surface area contributed by atoms with E-state index < -0.39 is 17.5 Å². The third-order valence-electron chi connectivity index (χ3n) is 5.80. The largest absolute Gasteiger partial charge is 0.207 e. The SMILES string of the molecule is CCCc1ccc(C2CCc3c(cc(F)c(-c4ccc(F)cc4)c3F)C2)c(F)c1. The molecule has 0 saturated carbocycles. The van der Waals surface area contributed by atoms with Crippen molar-refractivity contribution in [3.63, 3.8) is 0 Å². The van der Waals surface area contributed by atoms with Crippen LogP contribution in [0.1, 0.15) is 47.9 Å². The molecule has 0 fully saturated rings. The van der Waals surface area contributed by atoms with Crippen LogP contribution in [0, 0.1) is 23.3 Å². The summed E-state index contributed by atoms with van der Waals surface area (Å²) < 4.78 is 57.7. The van der Waals surface area contributed by atoms with E-state index in [0.29, 0.717) is 41.5 Å². The van der Waals surface area contributed by atoms with Gasteiger partial charge in [-0.2, -0.15) is 0 Å². The summed E-state index contributed by atoms with van der Waals surface area (Å²) in [6.07, 6.45) is 3.19. The third kappa shape index (κ3) is 3.81. The Kier molecular flexibility index (Phi) is 5.44. The van der Waals surface area contributed by atoms with Crippen LogP contribution < -0.4 is 0 Å². The van der Waals surface area contributed by atoms with Crippen LogP contribution in [0.15, 0.2) is 48.5 Å². The lowest BCUT2D eigenvalue weighted by Gasteiger charge is -2.27. The van der Waals surface area contributed by atoms with Crippen LogP contribution in [-0.4, -0.2) is 0 Å². The number of benzene rings is 3. The lowest BCUT2D eigenvalue weighted by atomic mass is 9.78. The summed E-state index contributed by atoms with van der Waals surface area (Å²) in [4.78, 5) is 0. The van der Waals surface area contributed by atoms with Crippen molar-refractivity contribution in [2.24, 2.45) is 0 Å². The predicted octanol–water partition coefficient (Wildman–Crippen LogP) is 7.14. The lowest BCUT2D eigenvalue weighted by molar-refractivity contribution is 0.506. The fraction of sp³-hybridized carbons (Fsp3) is 0.280. The molecule has 0 saturated heterocycles. The van der Waals surface area contributed by atoms with Crippen LogP contribution in [-0.2, 0) is 19.3 Å². The maximum atomic E-state index is 15.1. The van der Waals surface area contributed by atoms with Gasteiger partial charge in [0.05, 0.1) is 5.56 Å². The predicted molar refractivity (Wildman–Crippen MR) is 107 cm³/mol. The topological polar surface area (TPSA) is 0 Å². The van der Waals surface area contributed by atoms with E-state index in [1.54, 1.807) is 6.07 Å². The van der Waals surface area contributed by atoms with Gasteiger partial charge in [0.15, 0.2) is 0 Å². The summed E-state index contributed by atoms with van der Waals surface area (Å²) in [6, 6.07) is 11.8. The second-order valence-electron chi connectivity index (χ2n) is 7.74. The maximum absolute atomic E-state index is 15.1. The zero-order valence-corrected chi connectivity index (χ0v) is 16.2. The Morgan fingerprint density at radius 3 is 2.34 bits per heavy atom. The van der Waals surface area contributed by atoms with Gasteiger partial charge in [-0.3, -0.25) is 0 Å². The Balaban J connectivity index is 1.66. The zero-order valence-electron chi connectivity index (χ0n) is 16.2. The summed E-state index contributed by atoms with van der Waals surface area (Å²) in [5.41, 5.74) is 2.82. The minimum absolute atomic E-state index is 0.103. The highest BCUT2D eigenvalue weighted by molar-refractivity contribution is 5.67. The van der Waals surface area contributed by atoms with Gasteiger partial charge in [0.25, 0.3) is 0 Å². The van der Waals surface area contributed by atoms with Crippen LogP contribution in [0.3, 0.4) is 0 Å². The molecule has 0 aromatic heterocycles. The third-order valence-corrected chi connectivity index (χ3v) is 5.80. The fourth-order valence-corrected chi connectivity index (χ4v) is 4.34. The first kappa shape index (κ1) is 19.7. The molecule has 0 nitrogen and oxygen atoms in total. The van der Waals surface area contributed by atoms with E-state index in [-0.39, 0.29) is 17.3 Å². The first-order chi connectivity index (χ1) is 14.0. The average Bonchev–Trinajstić information content (AvgIpc) is 2.69. The highest BCUT2D eigenvalue weighted by Gasteiger charge is 2.28. The van der Waals surface area contributed by atoms with E-state index in [0.717, 1.165) is 18.4 Å². The van der Waals surface area contributed by atoms with Crippen LogP contribution in [0.2, 0.25) is 0 Å². The minimum Gasteiger partial charge on any atom is -0.207 e. The molecule has 0 bridgehead atoms. The number of rotatable bonds is 4. The standard InChI is InChI=1S/C25H22F4/c1-2-3-15-4-10-20(22(27)12-15)17-7-11-21-18(13-17)14-23(28)24(25(21)29)16-5-8-19(26)9-6-16/h4-6,8-10,12,14,17H,2-3,7,11,13H2,1H3. The van der Waals surface area contributed by atoms with Crippen molar-refractivity contribution in [3.05, 3.63) is 94.1 Å². The van der Waals surface area contributed by atoms with Crippen molar-refractivity contribution >= 4 is 0 Å². The van der Waals surface area contributed by atoms with Crippen molar-refractivity contribution in [2.45, 2.75) is 44.9 Å². The van der Waals surface area contributed by atoms with Crippen LogP contribution in [0.25, 0.3) is 11.1 Å². The molecular weight excluding hydrogens is 376 g/mol. The molecule has 4 heteroatoms. The number of hydrogen-bond acceptors (Lipinski definition) is 0. The van der Waals surface area contributed by atoms with Gasteiger partial charge in [-0.1, -0.05) is 37.6 Å². The smallest absolute Gasteiger partial charge is 0.137 e. The highest BCUT2D eigenvalue weighted by Crippen LogP contribution is 2.39. The minimum atomic E-state index is -0.674. The Hall–Kier alpha value is -2.62. The fourth-order valence-electron chi connectivity index (χ4n) is 4.34. The van der Waals surface area contributed by atoms with Gasteiger partial charge in [-0.15, -0.1) is 0 Å². The molecule has 1 atom stereocenters. The Bertz CT molecular complexity index is 1040. The number of fused-ring (bicyclic) bond motifs is 1. The van der Waals surface area contributed by atoms with Gasteiger partial charge in [0.2, 0.25) is 0 Å². The number of halogens is 4. The maximum Gasteiger partial charge on any atom is 0.137 e. The first-order valence-corrected chi connectivity index (χ1v) is 10.0. The number of aryl methyl sites for hydroxylation is 1.